The summed E-state index contributed by atoms with van der Waals surface area (Å²) in [5, 5.41) is 9.89. The van der Waals surface area contributed by atoms with Gasteiger partial charge in [0.2, 0.25) is 11.8 Å². The Morgan fingerprint density at radius 1 is 1.04 bits per heavy atom. The third-order valence-electron chi connectivity index (χ3n) is 9.12. The lowest BCUT2D eigenvalue weighted by molar-refractivity contribution is -0.140. The molecule has 0 saturated carbocycles. The summed E-state index contributed by atoms with van der Waals surface area (Å²) in [4.78, 5) is 48.4. The molecule has 3 fully saturated rings. The van der Waals surface area contributed by atoms with Crippen LogP contribution in [-0.4, -0.2) is 83.2 Å². The van der Waals surface area contributed by atoms with E-state index in [1.54, 1.807) is 51.1 Å². The lowest BCUT2D eigenvalue weighted by Gasteiger charge is -2.37. The Balaban J connectivity index is 1.54. The number of anilines is 2. The number of hydrogen-bond acceptors (Lipinski definition) is 6. The summed E-state index contributed by atoms with van der Waals surface area (Å²) >= 11 is 9.93. The number of amides is 3. The molecular formula is C35H41BrClN3O6. The van der Waals surface area contributed by atoms with Gasteiger partial charge in [-0.15, -0.1) is 13.2 Å². The molecule has 0 aromatic heterocycles. The van der Waals surface area contributed by atoms with Crippen molar-refractivity contribution in [1.29, 1.82) is 0 Å². The molecule has 46 heavy (non-hydrogen) atoms. The molecule has 3 unspecified atom stereocenters. The van der Waals surface area contributed by atoms with Gasteiger partial charge in [-0.25, -0.2) is 0 Å². The van der Waals surface area contributed by atoms with Crippen molar-refractivity contribution in [2.45, 2.75) is 55.2 Å². The zero-order chi connectivity index (χ0) is 33.0. The minimum atomic E-state index is -1.21. The number of fused-ring (bicyclic) bond motifs is 1. The van der Waals surface area contributed by atoms with Crippen LogP contribution in [0.3, 0.4) is 0 Å². The number of rotatable bonds is 15. The zero-order valence-corrected chi connectivity index (χ0v) is 28.4. The molecule has 3 heterocycles. The van der Waals surface area contributed by atoms with E-state index in [-0.39, 0.29) is 42.2 Å². The number of unbranched alkanes of at least 4 members (excludes halogenated alkanes) is 2. The van der Waals surface area contributed by atoms with E-state index < -0.39 is 29.6 Å². The van der Waals surface area contributed by atoms with Gasteiger partial charge in [0.1, 0.15) is 17.4 Å². The average molecular weight is 715 g/mol. The van der Waals surface area contributed by atoms with Gasteiger partial charge in [-0.05, 0) is 81.1 Å². The predicted octanol–water partition coefficient (Wildman–Crippen LogP) is 5.39. The van der Waals surface area contributed by atoms with Crippen molar-refractivity contribution in [1.82, 2.24) is 4.90 Å². The first-order valence-corrected chi connectivity index (χ1v) is 17.1. The quantitative estimate of drug-likeness (QED) is 0.151. The van der Waals surface area contributed by atoms with Crippen LogP contribution in [0.1, 0.15) is 32.6 Å². The zero-order valence-electron chi connectivity index (χ0n) is 26.0. The van der Waals surface area contributed by atoms with E-state index in [9.17, 15) is 19.5 Å². The number of benzene rings is 2. The van der Waals surface area contributed by atoms with Gasteiger partial charge < -0.3 is 29.3 Å². The molecule has 1 spiro atoms. The molecule has 5 rings (SSSR count). The minimum absolute atomic E-state index is 0.0455. The number of ether oxygens (including phenoxy) is 2. The molecule has 3 aliphatic heterocycles. The fourth-order valence-electron chi connectivity index (χ4n) is 7.24. The maximum atomic E-state index is 14.7. The predicted molar refractivity (Wildman–Crippen MR) is 183 cm³/mol. The molecule has 3 aliphatic rings. The Labute approximate surface area is 283 Å². The van der Waals surface area contributed by atoms with Gasteiger partial charge in [0, 0.05) is 47.5 Å². The second kappa shape index (κ2) is 14.7. The molecule has 2 bridgehead atoms. The van der Waals surface area contributed by atoms with Crippen molar-refractivity contribution < 1.29 is 29.0 Å². The topological polar surface area (TPSA) is 99.6 Å². The Hall–Kier alpha value is -3.18. The maximum Gasteiger partial charge on any atom is 0.253 e. The van der Waals surface area contributed by atoms with Gasteiger partial charge in [-0.1, -0.05) is 39.7 Å². The second-order valence-corrected chi connectivity index (χ2v) is 13.5. The largest absolute Gasteiger partial charge is 0.494 e. The number of hydrogen-bond donors (Lipinski definition) is 1. The summed E-state index contributed by atoms with van der Waals surface area (Å²) in [5.41, 5.74) is 0.0506. The fraction of sp³-hybridized carbons (Fsp3) is 0.457. The molecular weight excluding hydrogens is 674 g/mol. The van der Waals surface area contributed by atoms with E-state index in [2.05, 4.69) is 29.1 Å². The summed E-state index contributed by atoms with van der Waals surface area (Å²) in [7, 11) is 0. The number of aliphatic hydroxyl groups is 1. The Kier molecular flexibility index (Phi) is 10.9. The van der Waals surface area contributed by atoms with Crippen LogP contribution >= 0.6 is 27.5 Å². The molecule has 0 radical (unpaired) electrons. The summed E-state index contributed by atoms with van der Waals surface area (Å²) < 4.78 is 12.3. The highest BCUT2D eigenvalue weighted by atomic mass is 79.9. The smallest absolute Gasteiger partial charge is 0.253 e. The van der Waals surface area contributed by atoms with Gasteiger partial charge in [-0.3, -0.25) is 14.4 Å². The van der Waals surface area contributed by atoms with Crippen LogP contribution in [0.4, 0.5) is 11.4 Å². The van der Waals surface area contributed by atoms with Crippen LogP contribution in [-0.2, 0) is 19.1 Å². The third-order valence-corrected chi connectivity index (χ3v) is 10.2. The first kappa shape index (κ1) is 34.2. The number of carbonyl (C=O) groups excluding carboxylic acids is 3. The van der Waals surface area contributed by atoms with Crippen LogP contribution < -0.4 is 14.5 Å². The monoisotopic (exact) mass is 713 g/mol. The van der Waals surface area contributed by atoms with Crippen molar-refractivity contribution >= 4 is 56.6 Å². The normalized spacial score (nSPS) is 26.1. The van der Waals surface area contributed by atoms with E-state index in [1.165, 1.54) is 0 Å². The lowest BCUT2D eigenvalue weighted by atomic mass is 9.70. The van der Waals surface area contributed by atoms with Gasteiger partial charge >= 0.3 is 0 Å². The maximum absolute atomic E-state index is 14.7. The third kappa shape index (κ3) is 6.24. The number of carbonyl (C=O) groups is 3. The molecule has 9 nitrogen and oxygen atoms in total. The average Bonchev–Trinajstić information content (AvgIpc) is 3.64. The van der Waals surface area contributed by atoms with Crippen molar-refractivity contribution in [2.24, 2.45) is 11.8 Å². The molecule has 3 saturated heterocycles. The van der Waals surface area contributed by atoms with Gasteiger partial charge in [-0.2, -0.15) is 0 Å². The number of halogens is 2. The Bertz CT molecular complexity index is 1440. The molecule has 1 N–H and O–H groups in total. The minimum Gasteiger partial charge on any atom is -0.494 e. The summed E-state index contributed by atoms with van der Waals surface area (Å²) in [6.45, 7) is 10.9. The SMILES string of the molecule is C=CCN(C(=O)C1N(CCCCCO)C(=O)[C@@H]2[C@@H](C(=O)N(CC=C)c3ccc(OCC)cc3)[C@@H]3OC12CC3Br)c1ccc(Cl)cc1. The summed E-state index contributed by atoms with van der Waals surface area (Å²) in [6.07, 6.45) is 4.95. The number of nitrogens with zero attached hydrogens (tertiary/aromatic N) is 3. The highest BCUT2D eigenvalue weighted by Crippen LogP contribution is 2.60. The number of likely N-dealkylation sites (tertiary alicyclic amines) is 1. The van der Waals surface area contributed by atoms with Crippen molar-refractivity contribution in [3.63, 3.8) is 0 Å². The van der Waals surface area contributed by atoms with Crippen molar-refractivity contribution in [3.8, 4) is 5.75 Å². The van der Waals surface area contributed by atoms with E-state index >= 15 is 0 Å². The van der Waals surface area contributed by atoms with E-state index in [0.717, 1.165) is 0 Å². The van der Waals surface area contributed by atoms with Crippen LogP contribution in [0.5, 0.6) is 5.75 Å². The van der Waals surface area contributed by atoms with Gasteiger partial charge in [0.25, 0.3) is 5.91 Å². The van der Waals surface area contributed by atoms with Crippen LogP contribution in [0.15, 0.2) is 73.8 Å². The van der Waals surface area contributed by atoms with Crippen LogP contribution in [0.2, 0.25) is 5.02 Å². The second-order valence-electron chi connectivity index (χ2n) is 11.9. The molecule has 0 aliphatic carbocycles. The molecule has 3 amide bonds. The number of alkyl halides is 1. The standard InChI is InChI=1S/C35H41BrClN3O6/c1-4-18-38(25-14-16-26(17-15-25)45-6-3)32(42)28-29-33(43)40(20-8-7-9-21-41)31(35(29)22-27(36)30(28)46-35)34(44)39(19-5-2)24-12-10-23(37)11-13-24/h4-5,10-17,27-31,41H,1-2,6-9,18-22H2,3H3/t27?,28-,29+,30-,31?,35?/m1/s1. The van der Waals surface area contributed by atoms with E-state index in [4.69, 9.17) is 21.1 Å². The Morgan fingerprint density at radius 2 is 1.65 bits per heavy atom. The van der Waals surface area contributed by atoms with Crippen LogP contribution in [0.25, 0.3) is 0 Å². The van der Waals surface area contributed by atoms with Gasteiger partial charge in [0.05, 0.1) is 24.5 Å². The molecule has 246 valence electrons. The first-order chi connectivity index (χ1) is 22.2. The van der Waals surface area contributed by atoms with E-state index in [0.29, 0.717) is 61.0 Å². The fourth-order valence-corrected chi connectivity index (χ4v) is 8.31. The summed E-state index contributed by atoms with van der Waals surface area (Å²) in [6, 6.07) is 13.2. The van der Waals surface area contributed by atoms with E-state index in [1.807, 2.05) is 31.2 Å². The van der Waals surface area contributed by atoms with Gasteiger partial charge in [0.15, 0.2) is 0 Å². The van der Waals surface area contributed by atoms with Crippen molar-refractivity contribution in [2.75, 3.05) is 42.6 Å². The Morgan fingerprint density at radius 3 is 2.24 bits per heavy atom. The molecule has 11 heteroatoms. The lowest BCUT2D eigenvalue weighted by Crippen LogP contribution is -2.57. The molecule has 6 atom stereocenters. The first-order valence-electron chi connectivity index (χ1n) is 15.8. The molecule has 2 aromatic rings. The number of aliphatic hydroxyl groups excluding tert-OH is 1. The summed E-state index contributed by atoms with van der Waals surface area (Å²) in [5.74, 6) is -1.80. The molecule has 2 aromatic carbocycles. The highest BCUT2D eigenvalue weighted by molar-refractivity contribution is 9.09. The van der Waals surface area contributed by atoms with Crippen molar-refractivity contribution in [3.05, 3.63) is 78.9 Å². The highest BCUT2D eigenvalue weighted by Gasteiger charge is 2.77. The van der Waals surface area contributed by atoms with Crippen LogP contribution in [0, 0.1) is 11.8 Å².